The number of β-amino-alcohol motifs (C(OH)–C–C–N with tert-alkyl or cyclic N) is 1. The number of carbonyl (C=O) groups is 2. The van der Waals surface area contributed by atoms with Crippen molar-refractivity contribution in [2.24, 2.45) is 0 Å². The Hall–Kier alpha value is -1.66. The first kappa shape index (κ1) is 13.8. The number of amides is 2. The van der Waals surface area contributed by atoms with Crippen molar-refractivity contribution >= 4 is 33.4 Å². The lowest BCUT2D eigenvalue weighted by molar-refractivity contribution is -0.137. The second-order valence-electron chi connectivity index (χ2n) is 4.17. The van der Waals surface area contributed by atoms with E-state index in [1.54, 1.807) is 0 Å². The highest BCUT2D eigenvalue weighted by atomic mass is 79.9. The molecule has 1 aromatic rings. The number of carbonyl (C=O) groups excluding carboxylic acids is 2. The van der Waals surface area contributed by atoms with E-state index in [-0.39, 0.29) is 18.8 Å². The molecule has 0 aromatic heterocycles. The van der Waals surface area contributed by atoms with Crippen LogP contribution in [0.15, 0.2) is 34.4 Å². The summed E-state index contributed by atoms with van der Waals surface area (Å²) in [7, 11) is 0. The lowest BCUT2D eigenvalue weighted by atomic mass is 10.2. The summed E-state index contributed by atoms with van der Waals surface area (Å²) < 4.78 is 0.919. The summed E-state index contributed by atoms with van der Waals surface area (Å²) in [5.41, 5.74) is 2.01. The number of aliphatic hydroxyl groups is 1. The molecule has 2 amide bonds. The SMILES string of the molecule is Cc1ccc(NC2=CC(=O)N(CCO)C2=O)cc1Br. The van der Waals surface area contributed by atoms with Crippen LogP contribution >= 0.6 is 15.9 Å². The molecule has 19 heavy (non-hydrogen) atoms. The number of aryl methyl sites for hydroxylation is 1. The zero-order valence-corrected chi connectivity index (χ0v) is 11.9. The minimum Gasteiger partial charge on any atom is -0.395 e. The lowest BCUT2D eigenvalue weighted by Gasteiger charge is -2.13. The van der Waals surface area contributed by atoms with Crippen molar-refractivity contribution in [3.05, 3.63) is 40.0 Å². The molecule has 1 aliphatic heterocycles. The fourth-order valence-electron chi connectivity index (χ4n) is 1.74. The van der Waals surface area contributed by atoms with Crippen LogP contribution in [0.2, 0.25) is 0 Å². The number of nitrogens with one attached hydrogen (secondary N) is 1. The number of hydrogen-bond donors (Lipinski definition) is 2. The summed E-state index contributed by atoms with van der Waals surface area (Å²) in [6, 6.07) is 5.57. The second kappa shape index (κ2) is 5.54. The second-order valence-corrected chi connectivity index (χ2v) is 5.02. The summed E-state index contributed by atoms with van der Waals surface area (Å²) in [6.45, 7) is 1.73. The van der Waals surface area contributed by atoms with Gasteiger partial charge < -0.3 is 10.4 Å². The van der Waals surface area contributed by atoms with Gasteiger partial charge >= 0.3 is 0 Å². The molecule has 0 saturated heterocycles. The van der Waals surface area contributed by atoms with E-state index in [4.69, 9.17) is 5.11 Å². The number of aliphatic hydroxyl groups excluding tert-OH is 1. The van der Waals surface area contributed by atoms with Crippen LogP contribution in [-0.4, -0.2) is 35.0 Å². The van der Waals surface area contributed by atoms with Crippen LogP contribution < -0.4 is 5.32 Å². The van der Waals surface area contributed by atoms with Crippen molar-refractivity contribution in [2.75, 3.05) is 18.5 Å². The maximum atomic E-state index is 11.9. The summed E-state index contributed by atoms with van der Waals surface area (Å²) >= 11 is 3.40. The summed E-state index contributed by atoms with van der Waals surface area (Å²) in [5, 5.41) is 11.7. The van der Waals surface area contributed by atoms with Crippen LogP contribution in [0.4, 0.5) is 5.69 Å². The van der Waals surface area contributed by atoms with E-state index in [2.05, 4.69) is 21.2 Å². The van der Waals surface area contributed by atoms with Gasteiger partial charge in [-0.3, -0.25) is 14.5 Å². The smallest absolute Gasteiger partial charge is 0.277 e. The minimum atomic E-state index is -0.421. The van der Waals surface area contributed by atoms with Crippen LogP contribution in [-0.2, 0) is 9.59 Å². The highest BCUT2D eigenvalue weighted by Crippen LogP contribution is 2.23. The van der Waals surface area contributed by atoms with Gasteiger partial charge in [-0.2, -0.15) is 0 Å². The summed E-state index contributed by atoms with van der Waals surface area (Å²) in [6.07, 6.45) is 1.24. The molecular formula is C13H13BrN2O3. The van der Waals surface area contributed by atoms with Crippen LogP contribution in [0.5, 0.6) is 0 Å². The zero-order chi connectivity index (χ0) is 14.0. The number of hydrogen-bond acceptors (Lipinski definition) is 4. The number of imide groups is 1. The molecule has 1 heterocycles. The molecule has 0 spiro atoms. The highest BCUT2D eigenvalue weighted by molar-refractivity contribution is 9.10. The van der Waals surface area contributed by atoms with Crippen LogP contribution in [0.25, 0.3) is 0 Å². The van der Waals surface area contributed by atoms with Crippen LogP contribution in [0, 0.1) is 6.92 Å². The third-order valence-electron chi connectivity index (χ3n) is 2.78. The topological polar surface area (TPSA) is 69.6 Å². The third-order valence-corrected chi connectivity index (χ3v) is 3.64. The monoisotopic (exact) mass is 324 g/mol. The Bertz CT molecular complexity index is 569. The first-order chi connectivity index (χ1) is 9.02. The molecule has 5 nitrogen and oxygen atoms in total. The Morgan fingerprint density at radius 2 is 2.11 bits per heavy atom. The van der Waals surface area contributed by atoms with Gasteiger partial charge in [0.05, 0.1) is 13.2 Å². The largest absolute Gasteiger partial charge is 0.395 e. The van der Waals surface area contributed by atoms with Crippen molar-refractivity contribution < 1.29 is 14.7 Å². The standard InChI is InChI=1S/C13H13BrN2O3/c1-8-2-3-9(6-10(8)14)15-11-7-12(18)16(4-5-17)13(11)19/h2-3,6-7,15,17H,4-5H2,1H3. The van der Waals surface area contributed by atoms with E-state index in [1.165, 1.54) is 6.08 Å². The molecule has 0 radical (unpaired) electrons. The van der Waals surface area contributed by atoms with Gasteiger partial charge in [0, 0.05) is 16.2 Å². The quantitative estimate of drug-likeness (QED) is 0.822. The molecule has 2 N–H and O–H groups in total. The van der Waals surface area contributed by atoms with Crippen molar-refractivity contribution in [3.63, 3.8) is 0 Å². The molecule has 0 saturated carbocycles. The molecule has 0 aliphatic carbocycles. The Labute approximate surface area is 119 Å². The first-order valence-electron chi connectivity index (χ1n) is 5.74. The number of anilines is 1. The van der Waals surface area contributed by atoms with Gasteiger partial charge in [-0.25, -0.2) is 0 Å². The predicted octanol–water partition coefficient (Wildman–Crippen LogP) is 1.41. The van der Waals surface area contributed by atoms with E-state index in [0.717, 1.165) is 20.6 Å². The Balaban J connectivity index is 2.16. The van der Waals surface area contributed by atoms with E-state index >= 15 is 0 Å². The molecular weight excluding hydrogens is 312 g/mol. The Morgan fingerprint density at radius 1 is 1.37 bits per heavy atom. The Morgan fingerprint density at radius 3 is 2.74 bits per heavy atom. The normalized spacial score (nSPS) is 14.9. The summed E-state index contributed by atoms with van der Waals surface area (Å²) in [4.78, 5) is 24.5. The molecule has 0 fully saturated rings. The van der Waals surface area contributed by atoms with Gasteiger partial charge in [-0.05, 0) is 24.6 Å². The molecule has 1 aliphatic rings. The lowest BCUT2D eigenvalue weighted by Crippen LogP contribution is -2.34. The van der Waals surface area contributed by atoms with Crippen LogP contribution in [0.1, 0.15) is 5.56 Å². The molecule has 1 aromatic carbocycles. The number of halogens is 1. The molecule has 0 bridgehead atoms. The van der Waals surface area contributed by atoms with Crippen LogP contribution in [0.3, 0.4) is 0 Å². The van der Waals surface area contributed by atoms with Gasteiger partial charge in [0.2, 0.25) is 0 Å². The maximum absolute atomic E-state index is 11.9. The fraction of sp³-hybridized carbons (Fsp3) is 0.231. The van der Waals surface area contributed by atoms with E-state index < -0.39 is 11.8 Å². The zero-order valence-electron chi connectivity index (χ0n) is 10.3. The summed E-state index contributed by atoms with van der Waals surface area (Å²) in [5.74, 6) is -0.830. The van der Waals surface area contributed by atoms with Gasteiger partial charge in [-0.15, -0.1) is 0 Å². The third kappa shape index (κ3) is 2.85. The minimum absolute atomic E-state index is 0.0109. The number of rotatable bonds is 4. The van der Waals surface area contributed by atoms with Gasteiger partial charge in [-0.1, -0.05) is 22.0 Å². The van der Waals surface area contributed by atoms with Gasteiger partial charge in [0.15, 0.2) is 0 Å². The average Bonchev–Trinajstić information content (AvgIpc) is 2.62. The van der Waals surface area contributed by atoms with E-state index in [0.29, 0.717) is 0 Å². The predicted molar refractivity (Wildman–Crippen MR) is 74.4 cm³/mol. The number of benzene rings is 1. The molecule has 2 rings (SSSR count). The fourth-order valence-corrected chi connectivity index (χ4v) is 2.11. The van der Waals surface area contributed by atoms with E-state index in [1.807, 2.05) is 25.1 Å². The number of nitrogens with zero attached hydrogens (tertiary/aromatic N) is 1. The average molecular weight is 325 g/mol. The maximum Gasteiger partial charge on any atom is 0.277 e. The molecule has 100 valence electrons. The van der Waals surface area contributed by atoms with Gasteiger partial charge in [0.25, 0.3) is 11.8 Å². The van der Waals surface area contributed by atoms with Gasteiger partial charge in [0.1, 0.15) is 5.70 Å². The molecule has 0 atom stereocenters. The van der Waals surface area contributed by atoms with E-state index in [9.17, 15) is 9.59 Å². The molecule has 6 heteroatoms. The highest BCUT2D eigenvalue weighted by Gasteiger charge is 2.30. The Kier molecular flexibility index (Phi) is 4.01. The first-order valence-corrected chi connectivity index (χ1v) is 6.54. The molecule has 0 unspecified atom stereocenters. The van der Waals surface area contributed by atoms with Crippen molar-refractivity contribution in [1.82, 2.24) is 4.90 Å². The van der Waals surface area contributed by atoms with Crippen molar-refractivity contribution in [1.29, 1.82) is 0 Å². The van der Waals surface area contributed by atoms with Crippen molar-refractivity contribution in [2.45, 2.75) is 6.92 Å². The van der Waals surface area contributed by atoms with Crippen molar-refractivity contribution in [3.8, 4) is 0 Å².